The van der Waals surface area contributed by atoms with Gasteiger partial charge >= 0.3 is 0 Å². The van der Waals surface area contributed by atoms with Crippen LogP contribution in [-0.4, -0.2) is 37.7 Å². The first kappa shape index (κ1) is 23.3. The third-order valence-corrected chi connectivity index (χ3v) is 6.61. The van der Waals surface area contributed by atoms with Crippen molar-refractivity contribution in [2.75, 3.05) is 20.8 Å². The number of methoxy groups -OCH3 is 2. The molecule has 3 aromatic rings. The number of halogens is 2. The molecular formula is C26H25Cl2NO4. The Morgan fingerprint density at radius 2 is 1.64 bits per heavy atom. The molecule has 2 atom stereocenters. The lowest BCUT2D eigenvalue weighted by Crippen LogP contribution is -2.61. The van der Waals surface area contributed by atoms with Crippen molar-refractivity contribution in [3.63, 3.8) is 0 Å². The topological polar surface area (TPSA) is 48.0 Å². The Hall–Kier alpha value is -2.89. The van der Waals surface area contributed by atoms with Crippen molar-refractivity contribution in [2.24, 2.45) is 0 Å². The van der Waals surface area contributed by atoms with Gasteiger partial charge in [-0.25, -0.2) is 0 Å². The maximum absolute atomic E-state index is 13.2. The second-order valence-corrected chi connectivity index (χ2v) is 8.71. The first-order valence-electron chi connectivity index (χ1n) is 10.6. The summed E-state index contributed by atoms with van der Waals surface area (Å²) >= 11 is 12.4. The van der Waals surface area contributed by atoms with E-state index in [-0.39, 0.29) is 11.9 Å². The van der Waals surface area contributed by atoms with E-state index < -0.39 is 6.10 Å². The molecule has 0 spiro atoms. The van der Waals surface area contributed by atoms with E-state index in [4.69, 9.17) is 37.4 Å². The third kappa shape index (κ3) is 4.75. The molecule has 0 bridgehead atoms. The molecule has 0 radical (unpaired) electrons. The number of hydrogen-bond donors (Lipinski definition) is 0. The fourth-order valence-electron chi connectivity index (χ4n) is 4.04. The van der Waals surface area contributed by atoms with E-state index in [1.807, 2.05) is 60.4 Å². The number of aryl methyl sites for hydroxylation is 1. The molecule has 0 aromatic heterocycles. The van der Waals surface area contributed by atoms with Gasteiger partial charge in [0.2, 0.25) is 6.10 Å². The number of hydrogen-bond acceptors (Lipinski definition) is 4. The summed E-state index contributed by atoms with van der Waals surface area (Å²) in [5.41, 5.74) is 2.90. The van der Waals surface area contributed by atoms with Crippen LogP contribution in [0.15, 0.2) is 60.7 Å². The lowest BCUT2D eigenvalue weighted by Gasteiger charge is -2.47. The van der Waals surface area contributed by atoms with Gasteiger partial charge in [0.05, 0.1) is 24.3 Å². The molecule has 3 aromatic carbocycles. The summed E-state index contributed by atoms with van der Waals surface area (Å²) in [5, 5.41) is 0.919. The summed E-state index contributed by atoms with van der Waals surface area (Å²) in [6.07, 6.45) is 0.0230. The minimum absolute atomic E-state index is 0.0604. The van der Waals surface area contributed by atoms with Crippen LogP contribution in [0.25, 0.3) is 0 Å². The molecule has 5 nitrogen and oxygen atoms in total. The van der Waals surface area contributed by atoms with Crippen LogP contribution in [0.1, 0.15) is 22.7 Å². The van der Waals surface area contributed by atoms with Gasteiger partial charge in [-0.05, 0) is 60.4 Å². The van der Waals surface area contributed by atoms with Gasteiger partial charge in [-0.2, -0.15) is 0 Å². The standard InChI is InChI=1S/C26H25Cl2NO4/c1-16-6-4-5-7-21(16)33-25-24(18-9-10-19(27)20(28)15-18)29(26(25)30)13-12-17-8-11-22(31-2)23(14-17)32-3/h4-11,14-15,24-25H,12-13H2,1-3H3/t24-,25+/m1/s1. The molecule has 1 heterocycles. The lowest BCUT2D eigenvalue weighted by atomic mass is 9.89. The number of β-lactam (4-membered cyclic amide) rings is 1. The average molecular weight is 486 g/mol. The number of benzene rings is 3. The van der Waals surface area contributed by atoms with Crippen LogP contribution in [0.2, 0.25) is 10.0 Å². The third-order valence-electron chi connectivity index (χ3n) is 5.87. The van der Waals surface area contributed by atoms with E-state index in [1.165, 1.54) is 0 Å². The first-order valence-corrected chi connectivity index (χ1v) is 11.4. The highest BCUT2D eigenvalue weighted by Crippen LogP contribution is 2.40. The highest BCUT2D eigenvalue weighted by atomic mass is 35.5. The van der Waals surface area contributed by atoms with E-state index >= 15 is 0 Å². The van der Waals surface area contributed by atoms with Gasteiger partial charge < -0.3 is 19.1 Å². The number of carbonyl (C=O) groups is 1. The highest BCUT2D eigenvalue weighted by Gasteiger charge is 2.50. The summed E-state index contributed by atoms with van der Waals surface area (Å²) in [6.45, 7) is 2.48. The number of amides is 1. The Morgan fingerprint density at radius 3 is 2.33 bits per heavy atom. The van der Waals surface area contributed by atoms with E-state index in [1.54, 1.807) is 26.4 Å². The molecular weight excluding hydrogens is 461 g/mol. The van der Waals surface area contributed by atoms with E-state index in [9.17, 15) is 4.79 Å². The molecule has 33 heavy (non-hydrogen) atoms. The van der Waals surface area contributed by atoms with Gasteiger partial charge in [0.15, 0.2) is 11.5 Å². The van der Waals surface area contributed by atoms with Crippen LogP contribution in [0.4, 0.5) is 0 Å². The number of ether oxygens (including phenoxy) is 3. The molecule has 1 fully saturated rings. The predicted molar refractivity (Wildman–Crippen MR) is 130 cm³/mol. The molecule has 1 amide bonds. The Kier molecular flexibility index (Phi) is 7.01. The van der Waals surface area contributed by atoms with Crippen molar-refractivity contribution in [3.8, 4) is 17.2 Å². The summed E-state index contributed by atoms with van der Waals surface area (Å²) < 4.78 is 16.9. The second-order valence-electron chi connectivity index (χ2n) is 7.89. The minimum Gasteiger partial charge on any atom is -0.493 e. The van der Waals surface area contributed by atoms with Crippen LogP contribution in [-0.2, 0) is 11.2 Å². The Balaban J connectivity index is 1.57. The maximum Gasteiger partial charge on any atom is 0.266 e. The number of nitrogens with zero attached hydrogens (tertiary/aromatic N) is 1. The molecule has 172 valence electrons. The zero-order valence-electron chi connectivity index (χ0n) is 18.7. The lowest BCUT2D eigenvalue weighted by molar-refractivity contribution is -0.164. The Labute approximate surface area is 203 Å². The van der Waals surface area contributed by atoms with Crippen molar-refractivity contribution in [1.29, 1.82) is 0 Å². The van der Waals surface area contributed by atoms with Crippen molar-refractivity contribution in [1.82, 2.24) is 4.90 Å². The SMILES string of the molecule is COc1ccc(CCN2C(=O)[C@@H](Oc3ccccc3C)[C@H]2c2ccc(Cl)c(Cl)c2)cc1OC. The number of rotatable bonds is 8. The first-order chi connectivity index (χ1) is 15.9. The molecule has 0 unspecified atom stereocenters. The van der Waals surface area contributed by atoms with Gasteiger partial charge in [0, 0.05) is 6.54 Å². The molecule has 0 saturated carbocycles. The van der Waals surface area contributed by atoms with Crippen molar-refractivity contribution in [3.05, 3.63) is 87.4 Å². The fraction of sp³-hybridized carbons (Fsp3) is 0.269. The molecule has 7 heteroatoms. The Bertz CT molecular complexity index is 1170. The van der Waals surface area contributed by atoms with Crippen LogP contribution in [0.3, 0.4) is 0 Å². The fourth-order valence-corrected chi connectivity index (χ4v) is 4.35. The van der Waals surface area contributed by atoms with Crippen molar-refractivity contribution >= 4 is 29.1 Å². The summed E-state index contributed by atoms with van der Waals surface area (Å²) in [7, 11) is 3.21. The molecule has 1 aliphatic heterocycles. The quantitative estimate of drug-likeness (QED) is 0.373. The Morgan fingerprint density at radius 1 is 0.879 bits per heavy atom. The normalized spacial score (nSPS) is 17.5. The van der Waals surface area contributed by atoms with E-state index in [0.717, 1.165) is 16.7 Å². The average Bonchev–Trinajstić information content (AvgIpc) is 2.83. The van der Waals surface area contributed by atoms with Gasteiger partial charge in [-0.15, -0.1) is 0 Å². The number of likely N-dealkylation sites (tertiary alicyclic amines) is 1. The van der Waals surface area contributed by atoms with Gasteiger partial charge in [0.1, 0.15) is 11.8 Å². The smallest absolute Gasteiger partial charge is 0.266 e. The minimum atomic E-state index is -0.631. The highest BCUT2D eigenvalue weighted by molar-refractivity contribution is 6.42. The summed E-state index contributed by atoms with van der Waals surface area (Å²) in [6, 6.07) is 18.6. The molecule has 4 rings (SSSR count). The summed E-state index contributed by atoms with van der Waals surface area (Å²) in [4.78, 5) is 15.0. The molecule has 1 aliphatic rings. The molecule has 0 aliphatic carbocycles. The molecule has 1 saturated heterocycles. The van der Waals surface area contributed by atoms with Gasteiger partial charge in [-0.3, -0.25) is 4.79 Å². The van der Waals surface area contributed by atoms with Crippen molar-refractivity contribution in [2.45, 2.75) is 25.5 Å². The van der Waals surface area contributed by atoms with Crippen molar-refractivity contribution < 1.29 is 19.0 Å². The van der Waals surface area contributed by atoms with E-state index in [2.05, 4.69) is 0 Å². The van der Waals surface area contributed by atoms with Crippen LogP contribution >= 0.6 is 23.2 Å². The second kappa shape index (κ2) is 9.94. The zero-order chi connectivity index (χ0) is 23.5. The van der Waals surface area contributed by atoms with E-state index in [0.29, 0.717) is 40.3 Å². The maximum atomic E-state index is 13.2. The van der Waals surface area contributed by atoms with Crippen LogP contribution in [0, 0.1) is 6.92 Å². The monoisotopic (exact) mass is 485 g/mol. The van der Waals surface area contributed by atoms with Gasteiger partial charge in [-0.1, -0.05) is 53.5 Å². The largest absolute Gasteiger partial charge is 0.493 e. The molecule has 0 N–H and O–H groups in total. The zero-order valence-corrected chi connectivity index (χ0v) is 20.2. The summed E-state index contributed by atoms with van der Waals surface area (Å²) in [5.74, 6) is 1.96. The number of para-hydroxylation sites is 1. The van der Waals surface area contributed by atoms with Gasteiger partial charge in [0.25, 0.3) is 5.91 Å². The number of carbonyl (C=O) groups excluding carboxylic acids is 1. The van der Waals surface area contributed by atoms with Crippen LogP contribution in [0.5, 0.6) is 17.2 Å². The predicted octanol–water partition coefficient (Wildman–Crippen LogP) is 5.89. The van der Waals surface area contributed by atoms with Crippen LogP contribution < -0.4 is 14.2 Å².